The van der Waals surface area contributed by atoms with Gasteiger partial charge in [-0.15, -0.1) is 0 Å². The van der Waals surface area contributed by atoms with Crippen molar-refractivity contribution in [1.82, 2.24) is 10.6 Å². The van der Waals surface area contributed by atoms with Gasteiger partial charge in [-0.2, -0.15) is 0 Å². The molecular formula is C17H18N2O5. The Labute approximate surface area is 138 Å². The molecule has 0 unspecified atom stereocenters. The summed E-state index contributed by atoms with van der Waals surface area (Å²) in [4.78, 5) is 24.0. The van der Waals surface area contributed by atoms with Crippen molar-refractivity contribution in [3.63, 3.8) is 0 Å². The summed E-state index contributed by atoms with van der Waals surface area (Å²) in [6.07, 6.45) is 0. The number of rotatable bonds is 5. The Morgan fingerprint density at radius 2 is 1.96 bits per heavy atom. The fourth-order valence-electron chi connectivity index (χ4n) is 2.35. The fraction of sp³-hybridized carbons (Fsp3) is 0.294. The summed E-state index contributed by atoms with van der Waals surface area (Å²) in [7, 11) is 0. The van der Waals surface area contributed by atoms with Gasteiger partial charge in [-0.05, 0) is 44.2 Å². The summed E-state index contributed by atoms with van der Waals surface area (Å²) < 4.78 is 15.9. The summed E-state index contributed by atoms with van der Waals surface area (Å²) in [6, 6.07) is 8.25. The minimum Gasteiger partial charge on any atom is -0.464 e. The molecule has 0 aliphatic carbocycles. The number of carbonyl (C=O) groups is 2. The van der Waals surface area contributed by atoms with Crippen LogP contribution in [-0.2, 0) is 4.79 Å². The predicted octanol–water partition coefficient (Wildman–Crippen LogP) is 1.92. The molecule has 0 radical (unpaired) electrons. The number of benzene rings is 1. The van der Waals surface area contributed by atoms with Crippen LogP contribution in [0.25, 0.3) is 0 Å². The Morgan fingerprint density at radius 3 is 2.71 bits per heavy atom. The van der Waals surface area contributed by atoms with Crippen molar-refractivity contribution in [2.24, 2.45) is 0 Å². The van der Waals surface area contributed by atoms with E-state index in [4.69, 9.17) is 13.9 Å². The molecule has 7 heteroatoms. The van der Waals surface area contributed by atoms with Gasteiger partial charge >= 0.3 is 0 Å². The summed E-state index contributed by atoms with van der Waals surface area (Å²) >= 11 is 0. The van der Waals surface area contributed by atoms with Gasteiger partial charge in [-0.1, -0.05) is 0 Å². The van der Waals surface area contributed by atoms with Crippen LogP contribution < -0.4 is 20.1 Å². The van der Waals surface area contributed by atoms with E-state index in [1.54, 1.807) is 18.2 Å². The van der Waals surface area contributed by atoms with Gasteiger partial charge in [0, 0.05) is 5.56 Å². The molecule has 0 saturated carbocycles. The van der Waals surface area contributed by atoms with E-state index >= 15 is 0 Å². The molecule has 3 rings (SSSR count). The molecule has 1 aliphatic rings. The van der Waals surface area contributed by atoms with Crippen molar-refractivity contribution in [2.45, 2.75) is 19.9 Å². The van der Waals surface area contributed by atoms with Crippen molar-refractivity contribution in [2.75, 3.05) is 13.3 Å². The monoisotopic (exact) mass is 330 g/mol. The zero-order valence-corrected chi connectivity index (χ0v) is 13.4. The minimum atomic E-state index is -0.357. The lowest BCUT2D eigenvalue weighted by Crippen LogP contribution is -2.37. The van der Waals surface area contributed by atoms with Gasteiger partial charge in [0.15, 0.2) is 11.5 Å². The molecule has 1 atom stereocenters. The first-order valence-corrected chi connectivity index (χ1v) is 7.56. The van der Waals surface area contributed by atoms with Crippen molar-refractivity contribution in [1.29, 1.82) is 0 Å². The number of aryl methyl sites for hydroxylation is 1. The summed E-state index contributed by atoms with van der Waals surface area (Å²) in [5, 5.41) is 5.34. The van der Waals surface area contributed by atoms with Crippen LogP contribution in [-0.4, -0.2) is 25.2 Å². The number of carbonyl (C=O) groups excluding carboxylic acids is 2. The average Bonchev–Trinajstić information content (AvgIpc) is 3.20. The number of hydrogen-bond acceptors (Lipinski definition) is 5. The van der Waals surface area contributed by atoms with E-state index in [9.17, 15) is 9.59 Å². The van der Waals surface area contributed by atoms with E-state index in [2.05, 4.69) is 10.6 Å². The normalized spacial score (nSPS) is 13.4. The Morgan fingerprint density at radius 1 is 1.17 bits per heavy atom. The third kappa shape index (κ3) is 3.51. The third-order valence-electron chi connectivity index (χ3n) is 3.61. The standard InChI is InChI=1S/C17H18N2O5/c1-10-3-5-13(24-10)11(2)19-16(20)8-18-17(21)12-4-6-14-15(7-12)23-9-22-14/h3-7,11H,8-9H2,1-2H3,(H,18,21)(H,19,20)/t11-/m0/s1. The van der Waals surface area contributed by atoms with Gasteiger partial charge in [0.1, 0.15) is 11.5 Å². The van der Waals surface area contributed by atoms with Crippen molar-refractivity contribution in [3.05, 3.63) is 47.4 Å². The van der Waals surface area contributed by atoms with E-state index in [0.29, 0.717) is 22.8 Å². The molecule has 0 saturated heterocycles. The van der Waals surface area contributed by atoms with Gasteiger partial charge in [-0.3, -0.25) is 9.59 Å². The van der Waals surface area contributed by atoms with E-state index in [-0.39, 0.29) is 31.2 Å². The first-order chi connectivity index (χ1) is 11.5. The molecule has 0 spiro atoms. The minimum absolute atomic E-state index is 0.128. The summed E-state index contributed by atoms with van der Waals surface area (Å²) in [5.74, 6) is 1.92. The molecule has 1 aromatic heterocycles. The second-order valence-corrected chi connectivity index (χ2v) is 5.49. The quantitative estimate of drug-likeness (QED) is 0.874. The number of amides is 2. The Balaban J connectivity index is 1.51. The SMILES string of the molecule is Cc1ccc([C@H](C)NC(=O)CNC(=O)c2ccc3c(c2)OCO3)o1. The molecule has 0 fully saturated rings. The predicted molar refractivity (Wildman–Crippen MR) is 84.9 cm³/mol. The smallest absolute Gasteiger partial charge is 0.251 e. The van der Waals surface area contributed by atoms with Crippen LogP contribution in [0.1, 0.15) is 34.8 Å². The lowest BCUT2D eigenvalue weighted by molar-refractivity contribution is -0.120. The van der Waals surface area contributed by atoms with Crippen LogP contribution in [0.2, 0.25) is 0 Å². The Hall–Kier alpha value is -2.96. The summed E-state index contributed by atoms with van der Waals surface area (Å²) in [6.45, 7) is 3.67. The van der Waals surface area contributed by atoms with Crippen LogP contribution >= 0.6 is 0 Å². The maximum atomic E-state index is 12.1. The zero-order chi connectivity index (χ0) is 17.1. The van der Waals surface area contributed by atoms with Crippen LogP contribution in [0.15, 0.2) is 34.7 Å². The van der Waals surface area contributed by atoms with Crippen molar-refractivity contribution < 1.29 is 23.5 Å². The molecular weight excluding hydrogens is 312 g/mol. The highest BCUT2D eigenvalue weighted by molar-refractivity contribution is 5.97. The molecule has 1 aromatic carbocycles. The highest BCUT2D eigenvalue weighted by atomic mass is 16.7. The molecule has 1 aliphatic heterocycles. The van der Waals surface area contributed by atoms with Gasteiger partial charge in [0.25, 0.3) is 5.91 Å². The van der Waals surface area contributed by atoms with Crippen LogP contribution in [0.3, 0.4) is 0 Å². The maximum absolute atomic E-state index is 12.1. The number of hydrogen-bond donors (Lipinski definition) is 2. The molecule has 126 valence electrons. The highest BCUT2D eigenvalue weighted by Gasteiger charge is 2.17. The maximum Gasteiger partial charge on any atom is 0.251 e. The van der Waals surface area contributed by atoms with Crippen molar-refractivity contribution in [3.8, 4) is 11.5 Å². The topological polar surface area (TPSA) is 89.8 Å². The van der Waals surface area contributed by atoms with Gasteiger partial charge < -0.3 is 24.5 Å². The average molecular weight is 330 g/mol. The molecule has 2 aromatic rings. The molecule has 2 amide bonds. The zero-order valence-electron chi connectivity index (χ0n) is 13.4. The third-order valence-corrected chi connectivity index (χ3v) is 3.61. The highest BCUT2D eigenvalue weighted by Crippen LogP contribution is 2.32. The Bertz CT molecular complexity index is 768. The van der Waals surface area contributed by atoms with Gasteiger partial charge in [0.2, 0.25) is 12.7 Å². The van der Waals surface area contributed by atoms with Crippen LogP contribution in [0.5, 0.6) is 11.5 Å². The van der Waals surface area contributed by atoms with Gasteiger partial charge in [0.05, 0.1) is 12.6 Å². The number of furan rings is 1. The number of fused-ring (bicyclic) bond motifs is 1. The van der Waals surface area contributed by atoms with E-state index in [0.717, 1.165) is 5.76 Å². The molecule has 7 nitrogen and oxygen atoms in total. The lowest BCUT2D eigenvalue weighted by atomic mass is 10.2. The fourth-order valence-corrected chi connectivity index (χ4v) is 2.35. The largest absolute Gasteiger partial charge is 0.464 e. The molecule has 0 bridgehead atoms. The second kappa shape index (κ2) is 6.66. The number of nitrogens with one attached hydrogen (secondary N) is 2. The van der Waals surface area contributed by atoms with Crippen LogP contribution in [0.4, 0.5) is 0 Å². The second-order valence-electron chi connectivity index (χ2n) is 5.49. The van der Waals surface area contributed by atoms with E-state index in [1.165, 1.54) is 0 Å². The van der Waals surface area contributed by atoms with Crippen molar-refractivity contribution >= 4 is 11.8 Å². The molecule has 2 N–H and O–H groups in total. The van der Waals surface area contributed by atoms with Gasteiger partial charge in [-0.25, -0.2) is 0 Å². The van der Waals surface area contributed by atoms with Crippen LogP contribution in [0, 0.1) is 6.92 Å². The Kier molecular flexibility index (Phi) is 4.41. The number of ether oxygens (including phenoxy) is 2. The molecule has 2 heterocycles. The first-order valence-electron chi connectivity index (χ1n) is 7.56. The lowest BCUT2D eigenvalue weighted by Gasteiger charge is -2.12. The van der Waals surface area contributed by atoms with E-state index < -0.39 is 0 Å². The first kappa shape index (κ1) is 15.9. The summed E-state index contributed by atoms with van der Waals surface area (Å²) in [5.41, 5.74) is 0.404. The molecule has 24 heavy (non-hydrogen) atoms. The van der Waals surface area contributed by atoms with E-state index in [1.807, 2.05) is 26.0 Å².